The van der Waals surface area contributed by atoms with Crippen LogP contribution in [0.2, 0.25) is 0 Å². The monoisotopic (exact) mass is 312 g/mol. The van der Waals surface area contributed by atoms with Gasteiger partial charge in [-0.15, -0.1) is 0 Å². The molecule has 0 saturated carbocycles. The lowest BCUT2D eigenvalue weighted by atomic mass is 9.92. The highest BCUT2D eigenvalue weighted by Crippen LogP contribution is 2.32. The quantitative estimate of drug-likeness (QED) is 0.802. The molecule has 0 aliphatic carbocycles. The number of benzene rings is 1. The maximum absolute atomic E-state index is 11.7. The molecule has 1 aliphatic heterocycles. The summed E-state index contributed by atoms with van der Waals surface area (Å²) in [5.74, 6) is -0.129. The minimum atomic E-state index is -0.0945. The van der Waals surface area contributed by atoms with Crippen molar-refractivity contribution in [2.45, 2.75) is 25.9 Å². The van der Waals surface area contributed by atoms with Gasteiger partial charge in [0, 0.05) is 11.1 Å². The van der Waals surface area contributed by atoms with Gasteiger partial charge in [-0.05, 0) is 37.5 Å². The second-order valence-electron chi connectivity index (χ2n) is 4.38. The second-order valence-corrected chi connectivity index (χ2v) is 5.30. The first-order valence-electron chi connectivity index (χ1n) is 6.24. The molecule has 3 nitrogen and oxygen atoms in total. The number of esters is 1. The van der Waals surface area contributed by atoms with Gasteiger partial charge in [0.1, 0.15) is 0 Å². The minimum absolute atomic E-state index is 0.00116. The Morgan fingerprint density at radius 3 is 2.83 bits per heavy atom. The molecule has 2 rings (SSSR count). The predicted molar refractivity (Wildman–Crippen MR) is 72.2 cm³/mol. The summed E-state index contributed by atoms with van der Waals surface area (Å²) < 4.78 is 11.9. The van der Waals surface area contributed by atoms with E-state index in [-0.39, 0.29) is 18.0 Å². The van der Waals surface area contributed by atoms with Crippen molar-refractivity contribution >= 4 is 21.9 Å². The van der Waals surface area contributed by atoms with Crippen LogP contribution >= 0.6 is 15.9 Å². The molecule has 2 unspecified atom stereocenters. The molecule has 0 N–H and O–H groups in total. The van der Waals surface area contributed by atoms with E-state index in [9.17, 15) is 4.79 Å². The maximum atomic E-state index is 11.7. The summed E-state index contributed by atoms with van der Waals surface area (Å²) in [6, 6.07) is 8.05. The topological polar surface area (TPSA) is 35.5 Å². The third kappa shape index (κ3) is 3.33. The van der Waals surface area contributed by atoms with E-state index in [0.29, 0.717) is 19.6 Å². The third-order valence-corrected chi connectivity index (χ3v) is 3.67. The number of hydrogen-bond donors (Lipinski definition) is 0. The number of carbonyl (C=O) groups excluding carboxylic acids is 1. The zero-order chi connectivity index (χ0) is 13.0. The Morgan fingerprint density at radius 2 is 2.17 bits per heavy atom. The lowest BCUT2D eigenvalue weighted by molar-refractivity contribution is -0.153. The largest absolute Gasteiger partial charge is 0.466 e. The van der Waals surface area contributed by atoms with E-state index in [1.165, 1.54) is 0 Å². The molecule has 0 bridgehead atoms. The van der Waals surface area contributed by atoms with E-state index in [0.717, 1.165) is 16.5 Å². The standard InChI is InChI=1S/C14H17BrO3/c1-2-17-14(16)11-7-8-18-13(9-11)10-3-5-12(15)6-4-10/h3-6,11,13H,2,7-9H2,1H3. The minimum Gasteiger partial charge on any atom is -0.466 e. The molecule has 1 heterocycles. The highest BCUT2D eigenvalue weighted by Gasteiger charge is 2.29. The summed E-state index contributed by atoms with van der Waals surface area (Å²) in [7, 11) is 0. The summed E-state index contributed by atoms with van der Waals surface area (Å²) in [6.07, 6.45) is 1.47. The van der Waals surface area contributed by atoms with Crippen LogP contribution in [0, 0.1) is 5.92 Å². The van der Waals surface area contributed by atoms with Crippen LogP contribution in [0.5, 0.6) is 0 Å². The number of carbonyl (C=O) groups is 1. The zero-order valence-electron chi connectivity index (χ0n) is 10.4. The van der Waals surface area contributed by atoms with Crippen LogP contribution in [0.15, 0.2) is 28.7 Å². The molecular weight excluding hydrogens is 296 g/mol. The molecule has 1 fully saturated rings. The highest BCUT2D eigenvalue weighted by molar-refractivity contribution is 9.10. The number of rotatable bonds is 3. The van der Waals surface area contributed by atoms with E-state index >= 15 is 0 Å². The van der Waals surface area contributed by atoms with Crippen LogP contribution < -0.4 is 0 Å². The lowest BCUT2D eigenvalue weighted by Gasteiger charge is -2.28. The first kappa shape index (κ1) is 13.6. The molecule has 1 aliphatic rings. The van der Waals surface area contributed by atoms with Crippen molar-refractivity contribution in [1.29, 1.82) is 0 Å². The number of ether oxygens (including phenoxy) is 2. The highest BCUT2D eigenvalue weighted by atomic mass is 79.9. The van der Waals surface area contributed by atoms with Crippen molar-refractivity contribution in [2.75, 3.05) is 13.2 Å². The summed E-state index contributed by atoms with van der Waals surface area (Å²) in [5.41, 5.74) is 1.12. The van der Waals surface area contributed by atoms with Crippen LogP contribution in [-0.4, -0.2) is 19.2 Å². The molecule has 1 saturated heterocycles. The molecule has 0 radical (unpaired) electrons. The van der Waals surface area contributed by atoms with E-state index in [2.05, 4.69) is 15.9 Å². The van der Waals surface area contributed by atoms with E-state index in [1.807, 2.05) is 31.2 Å². The van der Waals surface area contributed by atoms with Gasteiger partial charge >= 0.3 is 5.97 Å². The molecule has 0 aromatic heterocycles. The first-order chi connectivity index (χ1) is 8.70. The van der Waals surface area contributed by atoms with Gasteiger partial charge in [0.25, 0.3) is 0 Å². The zero-order valence-corrected chi connectivity index (χ0v) is 12.0. The van der Waals surface area contributed by atoms with Gasteiger partial charge in [0.2, 0.25) is 0 Å². The van der Waals surface area contributed by atoms with Gasteiger partial charge in [-0.3, -0.25) is 4.79 Å². The molecular formula is C14H17BrO3. The smallest absolute Gasteiger partial charge is 0.309 e. The molecule has 0 spiro atoms. The second kappa shape index (κ2) is 6.34. The molecule has 0 amide bonds. The fourth-order valence-electron chi connectivity index (χ4n) is 2.18. The maximum Gasteiger partial charge on any atom is 0.309 e. The van der Waals surface area contributed by atoms with Gasteiger partial charge in [-0.25, -0.2) is 0 Å². The molecule has 98 valence electrons. The average molecular weight is 313 g/mol. The Bertz CT molecular complexity index is 402. The first-order valence-corrected chi connectivity index (χ1v) is 7.03. The Balaban J connectivity index is 2.02. The van der Waals surface area contributed by atoms with Gasteiger partial charge < -0.3 is 9.47 Å². The predicted octanol–water partition coefficient (Wildman–Crippen LogP) is 3.48. The number of hydrogen-bond acceptors (Lipinski definition) is 3. The fourth-order valence-corrected chi connectivity index (χ4v) is 2.45. The van der Waals surface area contributed by atoms with Crippen LogP contribution in [0.25, 0.3) is 0 Å². The van der Waals surface area contributed by atoms with Crippen molar-refractivity contribution in [3.8, 4) is 0 Å². The molecule has 4 heteroatoms. The lowest BCUT2D eigenvalue weighted by Crippen LogP contribution is -2.27. The van der Waals surface area contributed by atoms with Gasteiger partial charge in [0.15, 0.2) is 0 Å². The van der Waals surface area contributed by atoms with Crippen molar-refractivity contribution in [3.63, 3.8) is 0 Å². The van der Waals surface area contributed by atoms with Crippen LogP contribution in [0.1, 0.15) is 31.4 Å². The van der Waals surface area contributed by atoms with Crippen LogP contribution in [-0.2, 0) is 14.3 Å². The molecule has 18 heavy (non-hydrogen) atoms. The Morgan fingerprint density at radius 1 is 1.44 bits per heavy atom. The number of halogens is 1. The summed E-state index contributed by atoms with van der Waals surface area (Å²) >= 11 is 3.41. The van der Waals surface area contributed by atoms with Crippen molar-refractivity contribution in [1.82, 2.24) is 0 Å². The van der Waals surface area contributed by atoms with E-state index in [4.69, 9.17) is 9.47 Å². The summed E-state index contributed by atoms with van der Waals surface area (Å²) in [4.78, 5) is 11.7. The molecule has 1 aromatic rings. The van der Waals surface area contributed by atoms with Crippen LogP contribution in [0.3, 0.4) is 0 Å². The van der Waals surface area contributed by atoms with Crippen LogP contribution in [0.4, 0.5) is 0 Å². The van der Waals surface area contributed by atoms with Crippen molar-refractivity contribution in [2.24, 2.45) is 5.92 Å². The molecule has 2 atom stereocenters. The third-order valence-electron chi connectivity index (χ3n) is 3.15. The Labute approximate surface area is 116 Å². The molecule has 1 aromatic carbocycles. The SMILES string of the molecule is CCOC(=O)C1CCOC(c2ccc(Br)cc2)C1. The van der Waals surface area contributed by atoms with Gasteiger partial charge in [0.05, 0.1) is 18.6 Å². The fraction of sp³-hybridized carbons (Fsp3) is 0.500. The van der Waals surface area contributed by atoms with Gasteiger partial charge in [-0.1, -0.05) is 28.1 Å². The van der Waals surface area contributed by atoms with E-state index < -0.39 is 0 Å². The normalized spacial score (nSPS) is 23.7. The Kier molecular flexibility index (Phi) is 4.78. The van der Waals surface area contributed by atoms with Gasteiger partial charge in [-0.2, -0.15) is 0 Å². The summed E-state index contributed by atoms with van der Waals surface area (Å²) in [6.45, 7) is 2.90. The van der Waals surface area contributed by atoms with Crippen molar-refractivity contribution < 1.29 is 14.3 Å². The average Bonchev–Trinajstić information content (AvgIpc) is 2.40. The summed E-state index contributed by atoms with van der Waals surface area (Å²) in [5, 5.41) is 0. The van der Waals surface area contributed by atoms with E-state index in [1.54, 1.807) is 0 Å². The van der Waals surface area contributed by atoms with Crippen molar-refractivity contribution in [3.05, 3.63) is 34.3 Å². The Hall–Kier alpha value is -0.870.